The number of ether oxygens (including phenoxy) is 2. The van der Waals surface area contributed by atoms with E-state index in [0.29, 0.717) is 29.0 Å². The molecule has 0 aromatic heterocycles. The summed E-state index contributed by atoms with van der Waals surface area (Å²) in [4.78, 5) is 13.4. The van der Waals surface area contributed by atoms with Crippen LogP contribution < -0.4 is 0 Å². The van der Waals surface area contributed by atoms with Crippen molar-refractivity contribution in [3.8, 4) is 0 Å². The van der Waals surface area contributed by atoms with E-state index in [1.807, 2.05) is 0 Å². The molecule has 0 bridgehead atoms. The van der Waals surface area contributed by atoms with Crippen LogP contribution in [0.2, 0.25) is 0 Å². The van der Waals surface area contributed by atoms with Crippen molar-refractivity contribution < 1.29 is 14.3 Å². The van der Waals surface area contributed by atoms with Gasteiger partial charge in [-0.15, -0.1) is 0 Å². The summed E-state index contributed by atoms with van der Waals surface area (Å²) < 4.78 is 11.9. The first-order chi connectivity index (χ1) is 12.1. The Balaban J connectivity index is 1.46. The molecular weight excluding hydrogens is 312 g/mol. The van der Waals surface area contributed by atoms with Gasteiger partial charge in [-0.1, -0.05) is 25.5 Å². The van der Waals surface area contributed by atoms with E-state index in [0.717, 1.165) is 51.2 Å². The van der Waals surface area contributed by atoms with Crippen molar-refractivity contribution in [1.29, 1.82) is 0 Å². The van der Waals surface area contributed by atoms with Gasteiger partial charge >= 0.3 is 0 Å². The summed E-state index contributed by atoms with van der Waals surface area (Å²) in [6, 6.07) is 0. The molecule has 1 heterocycles. The average Bonchev–Trinajstić information content (AvgIpc) is 3.20. The maximum Gasteiger partial charge on any atom is 0.172 e. The van der Waals surface area contributed by atoms with Gasteiger partial charge in [0.05, 0.1) is 13.2 Å². The molecule has 0 aromatic carbocycles. The summed E-state index contributed by atoms with van der Waals surface area (Å²) >= 11 is 0. The van der Waals surface area contributed by atoms with E-state index in [9.17, 15) is 4.79 Å². The van der Waals surface area contributed by atoms with Gasteiger partial charge in [-0.3, -0.25) is 4.79 Å². The number of hydrogen-bond acceptors (Lipinski definition) is 3. The Morgan fingerprint density at radius 2 is 1.96 bits per heavy atom. The highest BCUT2D eigenvalue weighted by atomic mass is 16.7. The van der Waals surface area contributed by atoms with Crippen molar-refractivity contribution in [2.24, 2.45) is 35.0 Å². The number of ketones is 1. The van der Waals surface area contributed by atoms with Gasteiger partial charge in [0.15, 0.2) is 5.79 Å². The van der Waals surface area contributed by atoms with E-state index in [-0.39, 0.29) is 11.7 Å². The summed E-state index contributed by atoms with van der Waals surface area (Å²) in [6.45, 7) is 6.18. The lowest BCUT2D eigenvalue weighted by Gasteiger charge is -2.54. The second kappa shape index (κ2) is 5.66. The van der Waals surface area contributed by atoms with Crippen LogP contribution in [0.25, 0.3) is 0 Å². The molecule has 6 atom stereocenters. The van der Waals surface area contributed by atoms with E-state index in [1.54, 1.807) is 0 Å². The van der Waals surface area contributed by atoms with Crippen LogP contribution in [0, 0.1) is 35.0 Å². The molecule has 0 radical (unpaired) electrons. The van der Waals surface area contributed by atoms with Crippen molar-refractivity contribution in [3.63, 3.8) is 0 Å². The Labute approximate surface area is 151 Å². The minimum atomic E-state index is -0.359. The molecule has 1 saturated heterocycles. The summed E-state index contributed by atoms with van der Waals surface area (Å²) in [7, 11) is 0. The number of fused-ring (bicyclic) bond motifs is 5. The average molecular weight is 344 g/mol. The Hall–Kier alpha value is -0.670. The SMILES string of the molecule is CCC12CC(=O)C3C4CCC5(CC4=CCC3C1CCC2C)OCCO5. The van der Waals surface area contributed by atoms with Crippen LogP contribution in [-0.2, 0) is 14.3 Å². The molecule has 0 amide bonds. The summed E-state index contributed by atoms with van der Waals surface area (Å²) in [5, 5.41) is 0. The number of rotatable bonds is 1. The Bertz CT molecular complexity index is 602. The molecule has 3 heteroatoms. The van der Waals surface area contributed by atoms with Crippen LogP contribution in [0.5, 0.6) is 0 Å². The largest absolute Gasteiger partial charge is 0.347 e. The van der Waals surface area contributed by atoms with Gasteiger partial charge in [-0.25, -0.2) is 0 Å². The van der Waals surface area contributed by atoms with Gasteiger partial charge in [0.25, 0.3) is 0 Å². The lowest BCUT2D eigenvalue weighted by molar-refractivity contribution is -0.177. The molecule has 4 fully saturated rings. The molecule has 0 N–H and O–H groups in total. The number of allylic oxidation sites excluding steroid dienone is 1. The molecular formula is C22H32O3. The first-order valence-electron chi connectivity index (χ1n) is 10.6. The fourth-order valence-electron chi connectivity index (χ4n) is 7.57. The van der Waals surface area contributed by atoms with Gasteiger partial charge in [-0.2, -0.15) is 0 Å². The fraction of sp³-hybridized carbons (Fsp3) is 0.864. The number of carbonyl (C=O) groups is 1. The van der Waals surface area contributed by atoms with Crippen molar-refractivity contribution >= 4 is 5.78 Å². The van der Waals surface area contributed by atoms with E-state index in [4.69, 9.17) is 9.47 Å². The molecule has 1 aliphatic heterocycles. The monoisotopic (exact) mass is 344 g/mol. The van der Waals surface area contributed by atoms with E-state index in [1.165, 1.54) is 24.8 Å². The van der Waals surface area contributed by atoms with Crippen molar-refractivity contribution in [1.82, 2.24) is 0 Å². The van der Waals surface area contributed by atoms with Crippen molar-refractivity contribution in [3.05, 3.63) is 11.6 Å². The molecule has 3 saturated carbocycles. The molecule has 5 aliphatic rings. The molecule has 3 nitrogen and oxygen atoms in total. The molecule has 6 unspecified atom stereocenters. The minimum Gasteiger partial charge on any atom is -0.347 e. The van der Waals surface area contributed by atoms with E-state index in [2.05, 4.69) is 19.9 Å². The van der Waals surface area contributed by atoms with Crippen LogP contribution in [-0.4, -0.2) is 24.8 Å². The normalized spacial score (nSPS) is 48.0. The summed E-state index contributed by atoms with van der Waals surface area (Å²) in [6.07, 6.45) is 11.2. The topological polar surface area (TPSA) is 35.5 Å². The highest BCUT2D eigenvalue weighted by Gasteiger charge is 2.60. The van der Waals surface area contributed by atoms with Crippen LogP contribution in [0.3, 0.4) is 0 Å². The third-order valence-corrected chi connectivity index (χ3v) is 8.83. The molecule has 1 spiro atoms. The maximum atomic E-state index is 13.4. The zero-order valence-corrected chi connectivity index (χ0v) is 15.8. The van der Waals surface area contributed by atoms with Gasteiger partial charge in [-0.05, 0) is 61.2 Å². The van der Waals surface area contributed by atoms with Crippen molar-refractivity contribution in [2.75, 3.05) is 13.2 Å². The first-order valence-corrected chi connectivity index (χ1v) is 10.6. The van der Waals surface area contributed by atoms with Crippen LogP contribution >= 0.6 is 0 Å². The lowest BCUT2D eigenvalue weighted by Crippen LogP contribution is -2.52. The van der Waals surface area contributed by atoms with Gasteiger partial charge in [0, 0.05) is 25.2 Å². The number of Topliss-reactive ketones (excluding diaryl/α,β-unsaturated/α-hetero) is 1. The lowest BCUT2D eigenvalue weighted by atomic mass is 9.50. The standard InChI is InChI=1S/C22H32O3/c1-3-21-13-19(23)20-16-8-9-22(24-10-11-25-22)12-15(16)5-6-17(20)18(21)7-4-14(21)2/h5,14,16-18,20H,3-4,6-13H2,1-2H3. The van der Waals surface area contributed by atoms with E-state index >= 15 is 0 Å². The number of carbonyl (C=O) groups excluding carboxylic acids is 1. The number of hydrogen-bond donors (Lipinski definition) is 0. The molecule has 5 rings (SSSR count). The predicted octanol–water partition coefficient (Wildman–Crippen LogP) is 4.51. The summed E-state index contributed by atoms with van der Waals surface area (Å²) in [5.74, 6) is 3.05. The molecule has 4 aliphatic carbocycles. The summed E-state index contributed by atoms with van der Waals surface area (Å²) in [5.41, 5.74) is 1.77. The van der Waals surface area contributed by atoms with Gasteiger partial charge < -0.3 is 9.47 Å². The molecule has 138 valence electrons. The van der Waals surface area contributed by atoms with Gasteiger partial charge in [0.1, 0.15) is 5.78 Å². The Kier molecular flexibility index (Phi) is 3.74. The predicted molar refractivity (Wildman–Crippen MR) is 95.9 cm³/mol. The van der Waals surface area contributed by atoms with Crippen LogP contribution in [0.4, 0.5) is 0 Å². The zero-order valence-electron chi connectivity index (χ0n) is 15.8. The Morgan fingerprint density at radius 1 is 1.16 bits per heavy atom. The third-order valence-electron chi connectivity index (χ3n) is 8.83. The first kappa shape index (κ1) is 16.5. The van der Waals surface area contributed by atoms with E-state index < -0.39 is 0 Å². The second-order valence-corrected chi connectivity index (χ2v) is 9.45. The smallest absolute Gasteiger partial charge is 0.172 e. The second-order valence-electron chi connectivity index (χ2n) is 9.45. The quantitative estimate of drug-likeness (QED) is 0.657. The van der Waals surface area contributed by atoms with Gasteiger partial charge in [0.2, 0.25) is 0 Å². The van der Waals surface area contributed by atoms with Crippen LogP contribution in [0.15, 0.2) is 11.6 Å². The molecule has 0 aromatic rings. The highest BCUT2D eigenvalue weighted by Crippen LogP contribution is 2.64. The Morgan fingerprint density at radius 3 is 2.72 bits per heavy atom. The highest BCUT2D eigenvalue weighted by molar-refractivity contribution is 5.84. The molecule has 25 heavy (non-hydrogen) atoms. The van der Waals surface area contributed by atoms with Crippen molar-refractivity contribution in [2.45, 2.75) is 71.0 Å². The fourth-order valence-corrected chi connectivity index (χ4v) is 7.57. The zero-order chi connectivity index (χ0) is 17.2. The third kappa shape index (κ3) is 2.21. The minimum absolute atomic E-state index is 0.286. The maximum absolute atomic E-state index is 13.4. The van der Waals surface area contributed by atoms with Crippen LogP contribution in [0.1, 0.15) is 65.2 Å².